The third-order valence-electron chi connectivity index (χ3n) is 4.71. The highest BCUT2D eigenvalue weighted by Crippen LogP contribution is 2.29. The summed E-state index contributed by atoms with van der Waals surface area (Å²) >= 11 is 6.31. The summed E-state index contributed by atoms with van der Waals surface area (Å²) in [6.45, 7) is 2.47. The molecule has 0 spiro atoms. The number of nitrogens with one attached hydrogen (secondary N) is 1. The number of rotatable bonds is 2. The van der Waals surface area contributed by atoms with E-state index in [9.17, 15) is 14.7 Å². The van der Waals surface area contributed by atoms with Gasteiger partial charge in [-0.25, -0.2) is 9.78 Å². The molecule has 1 amide bonds. The number of halogens is 1. The molecule has 2 unspecified atom stereocenters. The first kappa shape index (κ1) is 17.6. The van der Waals surface area contributed by atoms with Crippen LogP contribution in [0.15, 0.2) is 41.5 Å². The molecule has 8 nitrogen and oxygen atoms in total. The van der Waals surface area contributed by atoms with Gasteiger partial charge in [-0.15, -0.1) is 0 Å². The first-order chi connectivity index (χ1) is 13.0. The molecule has 2 atom stereocenters. The molecule has 1 fully saturated rings. The van der Waals surface area contributed by atoms with E-state index in [4.69, 9.17) is 16.3 Å². The Morgan fingerprint density at radius 2 is 2.11 bits per heavy atom. The lowest BCUT2D eigenvalue weighted by atomic mass is 10.0. The predicted octanol–water partition coefficient (Wildman–Crippen LogP) is 2.81. The molecule has 140 valence electrons. The molecule has 1 aliphatic heterocycles. The quantitative estimate of drug-likeness (QED) is 0.703. The Balaban J connectivity index is 1.71. The van der Waals surface area contributed by atoms with Crippen molar-refractivity contribution in [1.29, 1.82) is 0 Å². The van der Waals surface area contributed by atoms with Crippen LogP contribution in [0.5, 0.6) is 0 Å². The zero-order valence-corrected chi connectivity index (χ0v) is 15.2. The summed E-state index contributed by atoms with van der Waals surface area (Å²) in [6, 6.07) is 8.52. The number of hydrogen-bond donors (Lipinski definition) is 2. The lowest BCUT2D eigenvalue weighted by molar-refractivity contribution is -0.0465. The molecule has 4 rings (SSSR count). The van der Waals surface area contributed by atoms with Crippen LogP contribution in [0, 0.1) is 0 Å². The number of aromatic amines is 1. The van der Waals surface area contributed by atoms with Crippen LogP contribution in [0.2, 0.25) is 5.15 Å². The Labute approximate surface area is 159 Å². The van der Waals surface area contributed by atoms with E-state index in [0.717, 1.165) is 11.3 Å². The molecule has 2 aromatic heterocycles. The maximum atomic E-state index is 11.9. The summed E-state index contributed by atoms with van der Waals surface area (Å²) in [5, 5.41) is 10.2. The minimum absolute atomic E-state index is 0.133. The first-order valence-corrected chi connectivity index (χ1v) is 8.79. The van der Waals surface area contributed by atoms with E-state index in [1.54, 1.807) is 10.6 Å². The number of carbonyl (C=O) groups is 1. The van der Waals surface area contributed by atoms with E-state index in [0.29, 0.717) is 29.3 Å². The van der Waals surface area contributed by atoms with Crippen molar-refractivity contribution in [3.63, 3.8) is 0 Å². The van der Waals surface area contributed by atoms with Gasteiger partial charge in [-0.2, -0.15) is 0 Å². The minimum atomic E-state index is -0.970. The Morgan fingerprint density at radius 1 is 1.37 bits per heavy atom. The van der Waals surface area contributed by atoms with Gasteiger partial charge in [-0.3, -0.25) is 14.3 Å². The number of ether oxygens (including phenoxy) is 1. The fourth-order valence-electron chi connectivity index (χ4n) is 3.38. The van der Waals surface area contributed by atoms with Gasteiger partial charge in [0.25, 0.3) is 5.56 Å². The van der Waals surface area contributed by atoms with E-state index in [1.165, 1.54) is 11.2 Å². The molecule has 3 heterocycles. The number of aromatic nitrogens is 3. The van der Waals surface area contributed by atoms with Crippen LogP contribution < -0.4 is 5.56 Å². The van der Waals surface area contributed by atoms with Crippen LogP contribution in [0.25, 0.3) is 16.7 Å². The monoisotopic (exact) mass is 388 g/mol. The van der Waals surface area contributed by atoms with Crippen molar-refractivity contribution in [2.75, 3.05) is 13.2 Å². The Morgan fingerprint density at radius 3 is 2.81 bits per heavy atom. The number of hydrogen-bond acceptors (Lipinski definition) is 4. The fraction of sp³-hybridized carbons (Fsp3) is 0.278. The number of nitrogens with zero attached hydrogens (tertiary/aromatic N) is 3. The third kappa shape index (κ3) is 3.07. The van der Waals surface area contributed by atoms with Gasteiger partial charge in [0.2, 0.25) is 0 Å². The Hall–Kier alpha value is -2.84. The van der Waals surface area contributed by atoms with E-state index < -0.39 is 6.09 Å². The average Bonchev–Trinajstić information content (AvgIpc) is 2.99. The summed E-state index contributed by atoms with van der Waals surface area (Å²) in [5.41, 5.74) is 1.75. The highest BCUT2D eigenvalue weighted by molar-refractivity contribution is 6.31. The van der Waals surface area contributed by atoms with Crippen LogP contribution in [0.4, 0.5) is 4.79 Å². The SMILES string of the molecule is CC1CN(C(=O)O)C(c2ccc(-n3c(Cl)cc4c(=O)[nH]cnc43)cc2)CO1. The third-order valence-corrected chi connectivity index (χ3v) is 4.99. The van der Waals surface area contributed by atoms with E-state index in [-0.39, 0.29) is 17.7 Å². The largest absolute Gasteiger partial charge is 0.465 e. The number of amides is 1. The zero-order chi connectivity index (χ0) is 19.1. The van der Waals surface area contributed by atoms with Crippen LogP contribution in [0.1, 0.15) is 18.5 Å². The molecule has 3 aromatic rings. The second kappa shape index (κ2) is 6.71. The summed E-state index contributed by atoms with van der Waals surface area (Å²) in [4.78, 5) is 31.6. The molecule has 0 radical (unpaired) electrons. The van der Waals surface area contributed by atoms with Gasteiger partial charge >= 0.3 is 6.09 Å². The van der Waals surface area contributed by atoms with Crippen molar-refractivity contribution in [3.8, 4) is 5.69 Å². The highest BCUT2D eigenvalue weighted by atomic mass is 35.5. The Kier molecular flexibility index (Phi) is 4.37. The topological polar surface area (TPSA) is 100 Å². The highest BCUT2D eigenvalue weighted by Gasteiger charge is 2.31. The molecule has 0 saturated carbocycles. The smallest absolute Gasteiger partial charge is 0.407 e. The number of benzene rings is 1. The molecular formula is C18H17ClN4O4. The van der Waals surface area contributed by atoms with Gasteiger partial charge in [0.1, 0.15) is 5.15 Å². The van der Waals surface area contributed by atoms with Crippen LogP contribution in [-0.2, 0) is 4.74 Å². The number of H-pyrrole nitrogens is 1. The van der Waals surface area contributed by atoms with Gasteiger partial charge in [0.05, 0.1) is 37.0 Å². The van der Waals surface area contributed by atoms with Crippen molar-refractivity contribution in [1.82, 2.24) is 19.4 Å². The lowest BCUT2D eigenvalue weighted by Gasteiger charge is -2.37. The van der Waals surface area contributed by atoms with E-state index in [2.05, 4.69) is 9.97 Å². The fourth-order valence-corrected chi connectivity index (χ4v) is 3.66. The van der Waals surface area contributed by atoms with Gasteiger partial charge in [-0.1, -0.05) is 23.7 Å². The van der Waals surface area contributed by atoms with Gasteiger partial charge in [-0.05, 0) is 30.7 Å². The molecule has 0 aliphatic carbocycles. The summed E-state index contributed by atoms with van der Waals surface area (Å²) in [6.07, 6.45) is 0.227. The normalized spacial score (nSPS) is 20.1. The number of carboxylic acid groups (broad SMARTS) is 1. The zero-order valence-electron chi connectivity index (χ0n) is 14.4. The first-order valence-electron chi connectivity index (χ1n) is 8.42. The van der Waals surface area contributed by atoms with Crippen molar-refractivity contribution >= 4 is 28.7 Å². The molecule has 1 saturated heterocycles. The van der Waals surface area contributed by atoms with Crippen molar-refractivity contribution in [2.24, 2.45) is 0 Å². The molecule has 0 bridgehead atoms. The van der Waals surface area contributed by atoms with Gasteiger partial charge < -0.3 is 14.8 Å². The number of fused-ring (bicyclic) bond motifs is 1. The van der Waals surface area contributed by atoms with Gasteiger partial charge in [0, 0.05) is 5.69 Å². The summed E-state index contributed by atoms with van der Waals surface area (Å²) < 4.78 is 7.31. The second-order valence-electron chi connectivity index (χ2n) is 6.46. The number of morpholine rings is 1. The predicted molar refractivity (Wildman–Crippen MR) is 99.6 cm³/mol. The lowest BCUT2D eigenvalue weighted by Crippen LogP contribution is -2.46. The molecule has 1 aromatic carbocycles. The molecular weight excluding hydrogens is 372 g/mol. The van der Waals surface area contributed by atoms with Crippen molar-refractivity contribution in [2.45, 2.75) is 19.1 Å². The second-order valence-corrected chi connectivity index (χ2v) is 6.84. The van der Waals surface area contributed by atoms with Crippen LogP contribution in [-0.4, -0.2) is 49.9 Å². The summed E-state index contributed by atoms with van der Waals surface area (Å²) in [7, 11) is 0. The summed E-state index contributed by atoms with van der Waals surface area (Å²) in [5.74, 6) is 0. The molecule has 2 N–H and O–H groups in total. The maximum Gasteiger partial charge on any atom is 0.407 e. The van der Waals surface area contributed by atoms with Crippen LogP contribution in [0.3, 0.4) is 0 Å². The molecule has 27 heavy (non-hydrogen) atoms. The average molecular weight is 389 g/mol. The molecule has 1 aliphatic rings. The Bertz CT molecular complexity index is 1060. The molecule has 9 heteroatoms. The minimum Gasteiger partial charge on any atom is -0.465 e. The van der Waals surface area contributed by atoms with Crippen molar-refractivity contribution < 1.29 is 14.6 Å². The van der Waals surface area contributed by atoms with Crippen LogP contribution >= 0.6 is 11.6 Å². The standard InChI is InChI=1S/C18H17ClN4O4/c1-10-7-22(18(25)26)14(8-27-10)11-2-4-12(5-3-11)23-15(19)6-13-16(23)20-9-21-17(13)24/h2-6,9-10,14H,7-8H2,1H3,(H,25,26)(H,20,21,24). The maximum absolute atomic E-state index is 11.9. The van der Waals surface area contributed by atoms with Gasteiger partial charge in [0.15, 0.2) is 5.65 Å². The van der Waals surface area contributed by atoms with E-state index in [1.807, 2.05) is 31.2 Å². The van der Waals surface area contributed by atoms with E-state index >= 15 is 0 Å². The van der Waals surface area contributed by atoms with Crippen molar-refractivity contribution in [3.05, 3.63) is 57.7 Å².